The van der Waals surface area contributed by atoms with Gasteiger partial charge < -0.3 is 19.3 Å². The Morgan fingerprint density at radius 1 is 1.14 bits per heavy atom. The molecule has 1 atom stereocenters. The Kier molecular flexibility index (Phi) is 7.88. The lowest BCUT2D eigenvalue weighted by atomic mass is 10.2. The average molecular weight is 421 g/mol. The van der Waals surface area contributed by atoms with E-state index in [1.165, 1.54) is 19.1 Å². The Bertz CT molecular complexity index is 775. The minimum atomic E-state index is -0.608. The number of ether oxygens (including phenoxy) is 3. The van der Waals surface area contributed by atoms with Crippen molar-refractivity contribution in [1.29, 1.82) is 0 Å². The van der Waals surface area contributed by atoms with E-state index in [0.717, 1.165) is 32.7 Å². The third-order valence-corrected chi connectivity index (χ3v) is 5.77. The normalized spacial score (nSPS) is 16.4. The number of hydrogen-bond acceptors (Lipinski definition) is 8. The average Bonchev–Trinajstić information content (AvgIpc) is 3.26. The molecule has 1 aliphatic heterocycles. The van der Waals surface area contributed by atoms with Crippen LogP contribution >= 0.6 is 11.3 Å². The fourth-order valence-corrected chi connectivity index (χ4v) is 4.07. The van der Waals surface area contributed by atoms with E-state index >= 15 is 0 Å². The maximum absolute atomic E-state index is 11.6. The van der Waals surface area contributed by atoms with Crippen molar-refractivity contribution >= 4 is 17.3 Å². The highest BCUT2D eigenvalue weighted by Gasteiger charge is 2.20. The predicted octanol–water partition coefficient (Wildman–Crippen LogP) is 2.10. The molecule has 0 spiro atoms. The monoisotopic (exact) mass is 420 g/mol. The zero-order valence-corrected chi connectivity index (χ0v) is 17.7. The third-order valence-electron chi connectivity index (χ3n) is 4.91. The zero-order chi connectivity index (χ0) is 20.6. The molecule has 3 rings (SSSR count). The van der Waals surface area contributed by atoms with E-state index in [-0.39, 0.29) is 6.61 Å². The van der Waals surface area contributed by atoms with E-state index in [0.29, 0.717) is 23.6 Å². The molecule has 1 N–H and O–H groups in total. The Morgan fingerprint density at radius 3 is 2.55 bits per heavy atom. The molecule has 1 unspecified atom stereocenters. The van der Waals surface area contributed by atoms with Gasteiger partial charge in [0.2, 0.25) is 0 Å². The van der Waals surface area contributed by atoms with Crippen LogP contribution in [-0.2, 0) is 11.3 Å². The summed E-state index contributed by atoms with van der Waals surface area (Å²) in [6.45, 7) is 5.57. The van der Waals surface area contributed by atoms with Crippen LogP contribution in [0.25, 0.3) is 0 Å². The van der Waals surface area contributed by atoms with E-state index in [1.807, 2.05) is 0 Å². The van der Waals surface area contributed by atoms with E-state index in [1.54, 1.807) is 29.5 Å². The van der Waals surface area contributed by atoms with E-state index in [4.69, 9.17) is 14.2 Å². The van der Waals surface area contributed by atoms with E-state index in [2.05, 4.69) is 27.3 Å². The molecule has 1 fully saturated rings. The van der Waals surface area contributed by atoms with Crippen LogP contribution in [0.5, 0.6) is 11.5 Å². The van der Waals surface area contributed by atoms with Gasteiger partial charge in [0.05, 0.1) is 19.8 Å². The second-order valence-corrected chi connectivity index (χ2v) is 8.01. The van der Waals surface area contributed by atoms with Crippen molar-refractivity contribution in [3.63, 3.8) is 0 Å². The van der Waals surface area contributed by atoms with Crippen molar-refractivity contribution in [2.24, 2.45) is 0 Å². The van der Waals surface area contributed by atoms with Gasteiger partial charge in [-0.25, -0.2) is 4.79 Å². The molecule has 158 valence electrons. The summed E-state index contributed by atoms with van der Waals surface area (Å²) in [4.78, 5) is 17.7. The first kappa shape index (κ1) is 21.6. The number of methoxy groups -OCH3 is 2. The lowest BCUT2D eigenvalue weighted by Gasteiger charge is -2.35. The smallest absolute Gasteiger partial charge is 0.337 e. The molecule has 1 aromatic carbocycles. The number of β-amino-alcohol motifs (C(OH)–C–C–N with tert-alkyl or cyclic N) is 1. The first-order valence-corrected chi connectivity index (χ1v) is 10.5. The number of benzene rings is 1. The van der Waals surface area contributed by atoms with Crippen molar-refractivity contribution in [3.8, 4) is 11.5 Å². The summed E-state index contributed by atoms with van der Waals surface area (Å²) in [5, 5.41) is 12.5. The highest BCUT2D eigenvalue weighted by Crippen LogP contribution is 2.28. The van der Waals surface area contributed by atoms with Crippen LogP contribution in [-0.4, -0.2) is 80.5 Å². The maximum Gasteiger partial charge on any atom is 0.337 e. The summed E-state index contributed by atoms with van der Waals surface area (Å²) < 4.78 is 15.7. The summed E-state index contributed by atoms with van der Waals surface area (Å²) in [5.41, 5.74) is 0.387. The third kappa shape index (κ3) is 6.17. The molecule has 0 saturated carbocycles. The van der Waals surface area contributed by atoms with Crippen LogP contribution in [0.3, 0.4) is 0 Å². The van der Waals surface area contributed by atoms with Gasteiger partial charge in [-0.15, -0.1) is 11.3 Å². The highest BCUT2D eigenvalue weighted by molar-refractivity contribution is 7.09. The molecule has 0 radical (unpaired) electrons. The molecule has 1 aromatic heterocycles. The number of esters is 1. The number of aliphatic hydroxyl groups is 1. The van der Waals surface area contributed by atoms with Crippen molar-refractivity contribution in [3.05, 3.63) is 46.2 Å². The van der Waals surface area contributed by atoms with Crippen molar-refractivity contribution in [2.45, 2.75) is 12.6 Å². The van der Waals surface area contributed by atoms with Gasteiger partial charge in [-0.2, -0.15) is 0 Å². The van der Waals surface area contributed by atoms with Crippen LogP contribution in [0.2, 0.25) is 0 Å². The number of thiophene rings is 1. The summed E-state index contributed by atoms with van der Waals surface area (Å²) in [6, 6.07) is 9.10. The Morgan fingerprint density at radius 2 is 1.90 bits per heavy atom. The van der Waals surface area contributed by atoms with Crippen LogP contribution in [0.4, 0.5) is 0 Å². The van der Waals surface area contributed by atoms with Gasteiger partial charge in [-0.3, -0.25) is 9.80 Å². The second-order valence-electron chi connectivity index (χ2n) is 6.98. The molecule has 8 heteroatoms. The summed E-state index contributed by atoms with van der Waals surface area (Å²) >= 11 is 1.79. The molecular weight excluding hydrogens is 392 g/mol. The zero-order valence-electron chi connectivity index (χ0n) is 16.9. The molecule has 29 heavy (non-hydrogen) atoms. The molecule has 1 aliphatic rings. The Hall–Kier alpha value is -2.13. The fraction of sp³-hybridized carbons (Fsp3) is 0.476. The fourth-order valence-electron chi connectivity index (χ4n) is 3.32. The highest BCUT2D eigenvalue weighted by atomic mass is 32.1. The van der Waals surface area contributed by atoms with Crippen LogP contribution in [0.15, 0.2) is 35.7 Å². The van der Waals surface area contributed by atoms with Crippen LogP contribution in [0.1, 0.15) is 15.2 Å². The topological polar surface area (TPSA) is 71.5 Å². The molecule has 0 bridgehead atoms. The van der Waals surface area contributed by atoms with E-state index < -0.39 is 12.1 Å². The van der Waals surface area contributed by atoms with Gasteiger partial charge in [0.15, 0.2) is 11.5 Å². The van der Waals surface area contributed by atoms with Gasteiger partial charge in [-0.05, 0) is 29.6 Å². The van der Waals surface area contributed by atoms with Crippen molar-refractivity contribution in [1.82, 2.24) is 9.80 Å². The lowest BCUT2D eigenvalue weighted by molar-refractivity contribution is 0.0441. The molecule has 2 heterocycles. The summed E-state index contributed by atoms with van der Waals surface area (Å²) in [5.74, 6) is 0.482. The Labute approximate surface area is 175 Å². The maximum atomic E-state index is 11.6. The summed E-state index contributed by atoms with van der Waals surface area (Å²) in [6.07, 6.45) is -0.608. The molecule has 0 amide bonds. The number of piperazine rings is 1. The predicted molar refractivity (Wildman–Crippen MR) is 112 cm³/mol. The number of hydrogen-bond donors (Lipinski definition) is 1. The minimum absolute atomic E-state index is 0.156. The van der Waals surface area contributed by atoms with Crippen molar-refractivity contribution in [2.75, 3.05) is 53.6 Å². The van der Waals surface area contributed by atoms with Gasteiger partial charge in [0, 0.05) is 44.1 Å². The number of rotatable bonds is 9. The largest absolute Gasteiger partial charge is 0.493 e. The molecule has 2 aromatic rings. The SMILES string of the molecule is COC(=O)c1ccc(OCC(O)CN2CCN(Cc3cccs3)CC2)c(OC)c1. The van der Waals surface area contributed by atoms with Crippen LogP contribution in [0, 0.1) is 0 Å². The molecule has 0 aliphatic carbocycles. The molecule has 7 nitrogen and oxygen atoms in total. The van der Waals surface area contributed by atoms with Gasteiger partial charge >= 0.3 is 5.97 Å². The number of carbonyl (C=O) groups is 1. The quantitative estimate of drug-likeness (QED) is 0.623. The van der Waals surface area contributed by atoms with Gasteiger partial charge in [0.25, 0.3) is 0 Å². The lowest BCUT2D eigenvalue weighted by Crippen LogP contribution is -2.48. The van der Waals surface area contributed by atoms with Gasteiger partial charge in [-0.1, -0.05) is 6.07 Å². The molecular formula is C21H28N2O5S. The molecule has 1 saturated heterocycles. The van der Waals surface area contributed by atoms with Gasteiger partial charge in [0.1, 0.15) is 12.7 Å². The first-order valence-electron chi connectivity index (χ1n) is 9.63. The number of nitrogens with zero attached hydrogens (tertiary/aromatic N) is 2. The van der Waals surface area contributed by atoms with E-state index in [9.17, 15) is 9.90 Å². The number of carbonyl (C=O) groups excluding carboxylic acids is 1. The first-order chi connectivity index (χ1) is 14.1. The Balaban J connectivity index is 1.43. The second kappa shape index (κ2) is 10.6. The standard InChI is InChI=1S/C21H28N2O5S/c1-26-20-12-16(21(25)27-2)5-6-19(20)28-15-17(24)13-22-7-9-23(10-8-22)14-18-4-3-11-29-18/h3-6,11-12,17,24H,7-10,13-15H2,1-2H3. The minimum Gasteiger partial charge on any atom is -0.493 e. The van der Waals surface area contributed by atoms with Crippen LogP contribution < -0.4 is 9.47 Å². The number of aliphatic hydroxyl groups excluding tert-OH is 1. The van der Waals surface area contributed by atoms with Crippen molar-refractivity contribution < 1.29 is 24.1 Å². The summed E-state index contributed by atoms with van der Waals surface area (Å²) in [7, 11) is 2.84.